The number of hydrogen-bond donors (Lipinski definition) is 0. The summed E-state index contributed by atoms with van der Waals surface area (Å²) in [5.74, 6) is 0.738. The predicted molar refractivity (Wildman–Crippen MR) is 101 cm³/mol. The molecule has 2 heterocycles. The summed E-state index contributed by atoms with van der Waals surface area (Å²) in [6, 6.07) is 3.94. The van der Waals surface area contributed by atoms with Gasteiger partial charge in [0.15, 0.2) is 0 Å². The zero-order valence-corrected chi connectivity index (χ0v) is 17.6. The molecule has 0 N–H and O–H groups in total. The highest BCUT2D eigenvalue weighted by atomic mass is 32.2. The first-order chi connectivity index (χ1) is 12.5. The Hall–Kier alpha value is -1.77. The van der Waals surface area contributed by atoms with Gasteiger partial charge in [-0.2, -0.15) is 4.31 Å². The summed E-state index contributed by atoms with van der Waals surface area (Å²) in [5, 5.41) is 7.77. The lowest BCUT2D eigenvalue weighted by atomic mass is 9.85. The monoisotopic (exact) mass is 393 g/mol. The van der Waals surface area contributed by atoms with Crippen molar-refractivity contribution in [2.24, 2.45) is 0 Å². The van der Waals surface area contributed by atoms with Crippen LogP contribution in [0.2, 0.25) is 0 Å². The van der Waals surface area contributed by atoms with Gasteiger partial charge < -0.3 is 9.15 Å². The predicted octanol–water partition coefficient (Wildman–Crippen LogP) is 3.05. The van der Waals surface area contributed by atoms with Crippen molar-refractivity contribution < 1.29 is 17.6 Å². The topological polar surface area (TPSA) is 85.5 Å². The van der Waals surface area contributed by atoms with Crippen LogP contribution in [-0.2, 0) is 20.2 Å². The first-order valence-corrected chi connectivity index (χ1v) is 10.5. The Kier molecular flexibility index (Phi) is 5.18. The maximum atomic E-state index is 13.4. The van der Waals surface area contributed by atoms with Gasteiger partial charge >= 0.3 is 0 Å². The van der Waals surface area contributed by atoms with Crippen LogP contribution in [0.15, 0.2) is 21.4 Å². The molecule has 0 aliphatic carbocycles. The molecule has 0 spiro atoms. The second-order valence-electron chi connectivity index (χ2n) is 8.07. The summed E-state index contributed by atoms with van der Waals surface area (Å²) in [6.07, 6.45) is -0.552. The summed E-state index contributed by atoms with van der Waals surface area (Å²) in [4.78, 5) is 0.373. The number of nitrogens with zero attached hydrogens (tertiary/aromatic N) is 3. The fraction of sp³-hybridized carbons (Fsp3) is 0.579. The van der Waals surface area contributed by atoms with Crippen molar-refractivity contribution in [2.45, 2.75) is 58.0 Å². The molecule has 0 bridgehead atoms. The van der Waals surface area contributed by atoms with Crippen molar-refractivity contribution >= 4 is 10.0 Å². The van der Waals surface area contributed by atoms with Crippen molar-refractivity contribution in [3.05, 3.63) is 40.6 Å². The molecule has 1 saturated heterocycles. The molecule has 7 nitrogen and oxygen atoms in total. The molecule has 1 aliphatic rings. The summed E-state index contributed by atoms with van der Waals surface area (Å²) < 4.78 is 39.3. The van der Waals surface area contributed by atoms with E-state index in [1.54, 1.807) is 6.92 Å². The average molecular weight is 394 g/mol. The van der Waals surface area contributed by atoms with E-state index in [0.717, 1.165) is 16.7 Å². The highest BCUT2D eigenvalue weighted by Gasteiger charge is 2.35. The number of sulfonamides is 1. The molecule has 0 saturated carbocycles. The lowest BCUT2D eigenvalue weighted by molar-refractivity contribution is -0.0177. The molecule has 1 aliphatic heterocycles. The van der Waals surface area contributed by atoms with E-state index in [-0.39, 0.29) is 18.6 Å². The molecule has 148 valence electrons. The van der Waals surface area contributed by atoms with Crippen LogP contribution in [-0.4, -0.2) is 42.6 Å². The number of aryl methyl sites for hydroxylation is 3. The van der Waals surface area contributed by atoms with Gasteiger partial charge in [-0.15, -0.1) is 10.2 Å². The summed E-state index contributed by atoms with van der Waals surface area (Å²) in [6.45, 7) is 12.5. The standard InChI is InChI=1S/C19H27N3O4S/c1-12-9-15(19(4,5)6)10-13(2)17(12)27(23,24)22-7-8-25-16(11-22)18-21-20-14(3)26-18/h9-10,16H,7-8,11H2,1-6H3. The third-order valence-corrected chi connectivity index (χ3v) is 6.94. The van der Waals surface area contributed by atoms with Gasteiger partial charge in [0.1, 0.15) is 6.10 Å². The summed E-state index contributed by atoms with van der Waals surface area (Å²) in [5.41, 5.74) is 2.60. The third kappa shape index (κ3) is 3.93. The number of aromatic nitrogens is 2. The van der Waals surface area contributed by atoms with Crippen molar-refractivity contribution in [3.8, 4) is 0 Å². The highest BCUT2D eigenvalue weighted by Crippen LogP contribution is 2.32. The lowest BCUT2D eigenvalue weighted by Gasteiger charge is -2.31. The number of benzene rings is 1. The van der Waals surface area contributed by atoms with Crippen LogP contribution in [0, 0.1) is 20.8 Å². The number of rotatable bonds is 3. The molecular weight excluding hydrogens is 366 g/mol. The molecule has 0 radical (unpaired) electrons. The maximum absolute atomic E-state index is 13.4. The molecule has 1 atom stereocenters. The largest absolute Gasteiger partial charge is 0.423 e. The Morgan fingerprint density at radius 1 is 1.11 bits per heavy atom. The van der Waals surface area contributed by atoms with Crippen LogP contribution in [0.5, 0.6) is 0 Å². The Morgan fingerprint density at radius 3 is 2.26 bits per heavy atom. The smallest absolute Gasteiger partial charge is 0.246 e. The molecule has 0 amide bonds. The molecule has 1 unspecified atom stereocenters. The summed E-state index contributed by atoms with van der Waals surface area (Å²) >= 11 is 0. The molecule has 3 rings (SSSR count). The fourth-order valence-electron chi connectivity index (χ4n) is 3.35. The van der Waals surface area contributed by atoms with Gasteiger partial charge in [0.05, 0.1) is 11.5 Å². The van der Waals surface area contributed by atoms with E-state index in [0.29, 0.717) is 23.2 Å². The normalized spacial score (nSPS) is 19.4. The molecule has 27 heavy (non-hydrogen) atoms. The average Bonchev–Trinajstić information content (AvgIpc) is 3.00. The van der Waals surface area contributed by atoms with Gasteiger partial charge in [0, 0.05) is 20.0 Å². The van der Waals surface area contributed by atoms with Crippen LogP contribution >= 0.6 is 0 Å². The van der Waals surface area contributed by atoms with E-state index in [1.165, 1.54) is 4.31 Å². The van der Waals surface area contributed by atoms with Gasteiger partial charge in [0.2, 0.25) is 21.8 Å². The van der Waals surface area contributed by atoms with Gasteiger partial charge in [-0.1, -0.05) is 32.9 Å². The van der Waals surface area contributed by atoms with Gasteiger partial charge in [-0.3, -0.25) is 0 Å². The second-order valence-corrected chi connectivity index (χ2v) is 9.95. The third-order valence-electron chi connectivity index (χ3n) is 4.77. The quantitative estimate of drug-likeness (QED) is 0.797. The van der Waals surface area contributed by atoms with Gasteiger partial charge in [-0.05, 0) is 36.0 Å². The van der Waals surface area contributed by atoms with E-state index >= 15 is 0 Å². The Bertz CT molecular complexity index is 921. The molecule has 1 fully saturated rings. The van der Waals surface area contributed by atoms with E-state index in [2.05, 4.69) is 31.0 Å². The minimum atomic E-state index is -3.66. The first kappa shape index (κ1) is 20.0. The van der Waals surface area contributed by atoms with Crippen LogP contribution < -0.4 is 0 Å². The minimum Gasteiger partial charge on any atom is -0.423 e. The first-order valence-electron chi connectivity index (χ1n) is 9.03. The maximum Gasteiger partial charge on any atom is 0.246 e. The van der Waals surface area contributed by atoms with Crippen LogP contribution in [0.25, 0.3) is 0 Å². The van der Waals surface area contributed by atoms with Gasteiger partial charge in [-0.25, -0.2) is 8.42 Å². The zero-order chi connectivity index (χ0) is 20.0. The molecule has 1 aromatic carbocycles. The minimum absolute atomic E-state index is 0.0440. The van der Waals surface area contributed by atoms with E-state index in [9.17, 15) is 8.42 Å². The zero-order valence-electron chi connectivity index (χ0n) is 16.7. The van der Waals surface area contributed by atoms with Crippen molar-refractivity contribution in [2.75, 3.05) is 19.7 Å². The molecule has 2 aromatic rings. The Labute approximate surface area is 160 Å². The second kappa shape index (κ2) is 7.00. The van der Waals surface area contributed by atoms with Crippen LogP contribution in [0.1, 0.15) is 55.3 Å². The Balaban J connectivity index is 1.94. The van der Waals surface area contributed by atoms with E-state index in [1.807, 2.05) is 26.0 Å². The number of morpholine rings is 1. The summed E-state index contributed by atoms with van der Waals surface area (Å²) in [7, 11) is -3.66. The van der Waals surface area contributed by atoms with Crippen LogP contribution in [0.3, 0.4) is 0 Å². The fourth-order valence-corrected chi connectivity index (χ4v) is 5.19. The van der Waals surface area contributed by atoms with Crippen molar-refractivity contribution in [1.29, 1.82) is 0 Å². The highest BCUT2D eigenvalue weighted by molar-refractivity contribution is 7.89. The van der Waals surface area contributed by atoms with Crippen molar-refractivity contribution in [3.63, 3.8) is 0 Å². The SMILES string of the molecule is Cc1nnc(C2CN(S(=O)(=O)c3c(C)cc(C(C)(C)C)cc3C)CCO2)o1. The van der Waals surface area contributed by atoms with E-state index in [4.69, 9.17) is 9.15 Å². The lowest BCUT2D eigenvalue weighted by Crippen LogP contribution is -2.42. The molecular formula is C19H27N3O4S. The molecule has 1 aromatic heterocycles. The van der Waals surface area contributed by atoms with Gasteiger partial charge in [0.25, 0.3) is 0 Å². The Morgan fingerprint density at radius 2 is 1.74 bits per heavy atom. The van der Waals surface area contributed by atoms with Crippen molar-refractivity contribution in [1.82, 2.24) is 14.5 Å². The van der Waals surface area contributed by atoms with E-state index < -0.39 is 16.1 Å². The number of ether oxygens (including phenoxy) is 1. The van der Waals surface area contributed by atoms with Crippen LogP contribution in [0.4, 0.5) is 0 Å². The number of hydrogen-bond acceptors (Lipinski definition) is 6. The molecule has 8 heteroatoms.